The van der Waals surface area contributed by atoms with E-state index in [0.29, 0.717) is 0 Å². The van der Waals surface area contributed by atoms with Gasteiger partial charge < -0.3 is 10.3 Å². The first-order valence-corrected chi connectivity index (χ1v) is 4.35. The highest BCUT2D eigenvalue weighted by Gasteiger charge is 1.87. The summed E-state index contributed by atoms with van der Waals surface area (Å²) in [7, 11) is 5.69. The molecule has 0 unspecified atom stereocenters. The molecule has 0 fully saturated rings. The van der Waals surface area contributed by atoms with E-state index in [1.54, 1.807) is 14.0 Å². The Hall–Kier alpha value is -1.17. The minimum absolute atomic E-state index is 0.979. The summed E-state index contributed by atoms with van der Waals surface area (Å²) in [5.74, 6) is 3.23. The minimum atomic E-state index is 0.979. The van der Waals surface area contributed by atoms with Crippen molar-refractivity contribution in [2.45, 2.75) is 27.7 Å². The summed E-state index contributed by atoms with van der Waals surface area (Å²) < 4.78 is 0. The van der Waals surface area contributed by atoms with Crippen molar-refractivity contribution >= 4 is 5.84 Å². The molecule has 1 N–H and O–H groups in total. The van der Waals surface area contributed by atoms with E-state index in [2.05, 4.69) is 22.9 Å². The molecule has 0 saturated heterocycles. The Morgan fingerprint density at radius 2 is 1.69 bits per heavy atom. The van der Waals surface area contributed by atoms with Crippen molar-refractivity contribution < 1.29 is 0 Å². The largest absolute Gasteiger partial charge is 0.365 e. The van der Waals surface area contributed by atoms with Gasteiger partial charge in [0.1, 0.15) is 5.84 Å². The quantitative estimate of drug-likeness (QED) is 0.292. The zero-order chi connectivity index (χ0) is 11.3. The van der Waals surface area contributed by atoms with Crippen LogP contribution in [0.1, 0.15) is 27.7 Å². The molecule has 0 rings (SSSR count). The molecule has 78 valence electrons. The predicted octanol–water partition coefficient (Wildman–Crippen LogP) is 1.77. The van der Waals surface area contributed by atoms with Crippen molar-refractivity contribution in [1.29, 1.82) is 0 Å². The first-order valence-electron chi connectivity index (χ1n) is 4.35. The Balaban J connectivity index is -0.000000169. The number of hydrogen-bond acceptors (Lipinski definition) is 2. The highest BCUT2D eigenvalue weighted by atomic mass is 15.3. The van der Waals surface area contributed by atoms with Crippen LogP contribution < -0.4 is 5.43 Å². The fraction of sp³-hybridized carbons (Fsp3) is 0.700. The van der Waals surface area contributed by atoms with Crippen molar-refractivity contribution in [2.75, 3.05) is 21.1 Å². The summed E-state index contributed by atoms with van der Waals surface area (Å²) in [6, 6.07) is 0. The third kappa shape index (κ3) is 24.8. The first-order chi connectivity index (χ1) is 6.09. The second kappa shape index (κ2) is 17.1. The number of amidine groups is 1. The van der Waals surface area contributed by atoms with Gasteiger partial charge in [-0.25, -0.2) is 0 Å². The molecule has 0 bridgehead atoms. The molecule has 3 heteroatoms. The van der Waals surface area contributed by atoms with Crippen molar-refractivity contribution in [3.05, 3.63) is 0 Å². The number of hydrogen-bond donors (Lipinski definition) is 1. The molecule has 0 aliphatic heterocycles. The molecule has 13 heavy (non-hydrogen) atoms. The average Bonchev–Trinajstić information content (AvgIpc) is 2.10. The van der Waals surface area contributed by atoms with Crippen LogP contribution in [0, 0.1) is 12.3 Å². The maximum Gasteiger partial charge on any atom is 0.121 e. The van der Waals surface area contributed by atoms with E-state index in [0.717, 1.165) is 5.84 Å². The number of nitrogens with zero attached hydrogens (tertiary/aromatic N) is 2. The molecule has 0 radical (unpaired) electrons. The molecule has 0 heterocycles. The SMILES string of the molecule is C#CC.CC.CN/N=C(/C)N(C)C. The summed E-state index contributed by atoms with van der Waals surface area (Å²) in [6.45, 7) is 7.59. The van der Waals surface area contributed by atoms with Gasteiger partial charge in [-0.1, -0.05) is 13.8 Å². The monoisotopic (exact) mass is 185 g/mol. The lowest BCUT2D eigenvalue weighted by Crippen LogP contribution is -2.20. The Morgan fingerprint density at radius 3 is 1.77 bits per heavy atom. The van der Waals surface area contributed by atoms with E-state index in [-0.39, 0.29) is 0 Å². The number of hydrazone groups is 1. The second-order valence-electron chi connectivity index (χ2n) is 2.07. The third-order valence-corrected chi connectivity index (χ3v) is 0.921. The average molecular weight is 185 g/mol. The van der Waals surface area contributed by atoms with Gasteiger partial charge in [-0.15, -0.1) is 12.3 Å². The predicted molar refractivity (Wildman–Crippen MR) is 61.7 cm³/mol. The third-order valence-electron chi connectivity index (χ3n) is 0.921. The van der Waals surface area contributed by atoms with Crippen molar-refractivity contribution in [3.8, 4) is 12.3 Å². The molecular weight excluding hydrogens is 162 g/mol. The standard InChI is InChI=1S/C5H13N3.C3H4.C2H6/c1-5(7-6-2)8(3)4;1-3-2;1-2/h6H,1-4H3;1H,2H3;1-2H3/b7-5-;;. The van der Waals surface area contributed by atoms with Gasteiger partial charge in [-0.2, -0.15) is 5.10 Å². The topological polar surface area (TPSA) is 27.6 Å². The summed E-state index contributed by atoms with van der Waals surface area (Å²) in [4.78, 5) is 1.94. The van der Waals surface area contributed by atoms with Gasteiger partial charge in [0, 0.05) is 21.1 Å². The highest BCUT2D eigenvalue weighted by molar-refractivity contribution is 5.78. The summed E-state index contributed by atoms with van der Waals surface area (Å²) in [5, 5.41) is 3.92. The van der Waals surface area contributed by atoms with E-state index in [1.807, 2.05) is 39.8 Å². The van der Waals surface area contributed by atoms with Crippen molar-refractivity contribution in [3.63, 3.8) is 0 Å². The van der Waals surface area contributed by atoms with Crippen LogP contribution in [0.3, 0.4) is 0 Å². The second-order valence-corrected chi connectivity index (χ2v) is 2.07. The Bertz CT molecular complexity index is 143. The molecule has 0 aromatic carbocycles. The van der Waals surface area contributed by atoms with E-state index in [4.69, 9.17) is 0 Å². The maximum atomic E-state index is 4.60. The zero-order valence-corrected chi connectivity index (χ0v) is 9.97. The minimum Gasteiger partial charge on any atom is -0.365 e. The Kier molecular flexibility index (Phi) is 23.4. The van der Waals surface area contributed by atoms with E-state index in [1.165, 1.54) is 0 Å². The van der Waals surface area contributed by atoms with Gasteiger partial charge in [0.15, 0.2) is 0 Å². The van der Waals surface area contributed by atoms with Crippen molar-refractivity contribution in [2.24, 2.45) is 5.10 Å². The summed E-state index contributed by atoms with van der Waals surface area (Å²) >= 11 is 0. The normalized spacial score (nSPS) is 8.00. The van der Waals surface area contributed by atoms with E-state index in [9.17, 15) is 0 Å². The van der Waals surface area contributed by atoms with Crippen LogP contribution in [0.5, 0.6) is 0 Å². The van der Waals surface area contributed by atoms with Crippen LogP contribution in [-0.4, -0.2) is 31.9 Å². The molecule has 0 atom stereocenters. The Morgan fingerprint density at radius 1 is 1.38 bits per heavy atom. The van der Waals surface area contributed by atoms with Gasteiger partial charge in [0.2, 0.25) is 0 Å². The molecule has 0 aromatic rings. The lowest BCUT2D eigenvalue weighted by Gasteiger charge is -2.09. The van der Waals surface area contributed by atoms with E-state index < -0.39 is 0 Å². The fourth-order valence-electron chi connectivity index (χ4n) is 0.262. The molecule has 0 spiro atoms. The zero-order valence-electron chi connectivity index (χ0n) is 9.97. The first kappa shape index (κ1) is 17.8. The Labute approximate surface area is 83.2 Å². The molecule has 0 aliphatic rings. The molecule has 0 saturated carbocycles. The maximum absolute atomic E-state index is 4.60. The van der Waals surface area contributed by atoms with Gasteiger partial charge in [-0.05, 0) is 13.8 Å². The van der Waals surface area contributed by atoms with Crippen LogP contribution in [0.4, 0.5) is 0 Å². The van der Waals surface area contributed by atoms with Gasteiger partial charge in [-0.3, -0.25) is 0 Å². The van der Waals surface area contributed by atoms with Crippen molar-refractivity contribution in [1.82, 2.24) is 10.3 Å². The lowest BCUT2D eigenvalue weighted by molar-refractivity contribution is 0.607. The van der Waals surface area contributed by atoms with Crippen LogP contribution in [0.15, 0.2) is 5.10 Å². The summed E-state index contributed by atoms with van der Waals surface area (Å²) in [5.41, 5.74) is 2.70. The fourth-order valence-corrected chi connectivity index (χ4v) is 0.262. The van der Waals surface area contributed by atoms with Crippen LogP contribution in [-0.2, 0) is 0 Å². The smallest absolute Gasteiger partial charge is 0.121 e. The number of rotatable bonds is 1. The van der Waals surface area contributed by atoms with Gasteiger partial charge in [0.25, 0.3) is 0 Å². The van der Waals surface area contributed by atoms with Crippen LogP contribution >= 0.6 is 0 Å². The van der Waals surface area contributed by atoms with E-state index >= 15 is 0 Å². The lowest BCUT2D eigenvalue weighted by atomic mass is 10.6. The molecule has 0 amide bonds. The molecule has 3 nitrogen and oxygen atoms in total. The van der Waals surface area contributed by atoms with Gasteiger partial charge in [0.05, 0.1) is 0 Å². The number of terminal acetylenes is 1. The summed E-state index contributed by atoms with van der Waals surface area (Å²) in [6.07, 6.45) is 4.60. The van der Waals surface area contributed by atoms with Crippen LogP contribution in [0.2, 0.25) is 0 Å². The molecular formula is C10H23N3. The molecule has 0 aromatic heterocycles. The highest BCUT2D eigenvalue weighted by Crippen LogP contribution is 1.76. The molecule has 0 aliphatic carbocycles. The van der Waals surface area contributed by atoms with Crippen LogP contribution in [0.25, 0.3) is 0 Å². The number of nitrogens with one attached hydrogen (secondary N) is 1. The van der Waals surface area contributed by atoms with Gasteiger partial charge >= 0.3 is 0 Å².